The lowest BCUT2D eigenvalue weighted by Gasteiger charge is -2.12. The van der Waals surface area contributed by atoms with Crippen LogP contribution in [0, 0.1) is 0 Å². The molecule has 3 nitrogen and oxygen atoms in total. The molecule has 0 aliphatic rings. The second-order valence-electron chi connectivity index (χ2n) is 3.16. The number of hydrogen-bond acceptors (Lipinski definition) is 3. The van der Waals surface area contributed by atoms with Crippen molar-refractivity contribution in [1.82, 2.24) is 0 Å². The number of Topliss-reactive ketones (excluding diaryl/α,β-unsaturated/α-hetero) is 1. The van der Waals surface area contributed by atoms with Gasteiger partial charge in [0.05, 0.1) is 17.9 Å². The van der Waals surface area contributed by atoms with Crippen molar-refractivity contribution in [2.24, 2.45) is 0 Å². The first-order valence-electron chi connectivity index (χ1n) is 4.47. The van der Waals surface area contributed by atoms with Crippen molar-refractivity contribution in [1.29, 1.82) is 0 Å². The fourth-order valence-electron chi connectivity index (χ4n) is 1.29. The van der Waals surface area contributed by atoms with Gasteiger partial charge in [0, 0.05) is 12.0 Å². The third-order valence-electron chi connectivity index (χ3n) is 2.05. The standard InChI is InChI=1S/C10H10F3NO2/c11-10(12,13)7-3-1-2-6(9(7)14)8(16)4-5-15/h1-3,15H,4-5,14H2. The van der Waals surface area contributed by atoms with Crippen molar-refractivity contribution in [3.63, 3.8) is 0 Å². The minimum atomic E-state index is -4.58. The van der Waals surface area contributed by atoms with Gasteiger partial charge >= 0.3 is 6.18 Å². The summed E-state index contributed by atoms with van der Waals surface area (Å²) in [6.45, 7) is -0.422. The van der Waals surface area contributed by atoms with Gasteiger partial charge < -0.3 is 10.8 Å². The highest BCUT2D eigenvalue weighted by Crippen LogP contribution is 2.35. The van der Waals surface area contributed by atoms with Crippen LogP contribution in [-0.2, 0) is 6.18 Å². The SMILES string of the molecule is Nc1c(C(=O)CCO)cccc1C(F)(F)F. The molecule has 0 atom stereocenters. The zero-order valence-electron chi connectivity index (χ0n) is 8.21. The summed E-state index contributed by atoms with van der Waals surface area (Å²) in [5.41, 5.74) is 3.45. The molecule has 0 heterocycles. The van der Waals surface area contributed by atoms with Crippen LogP contribution >= 0.6 is 0 Å². The molecule has 1 aromatic carbocycles. The number of para-hydroxylation sites is 1. The lowest BCUT2D eigenvalue weighted by molar-refractivity contribution is -0.136. The molecule has 16 heavy (non-hydrogen) atoms. The van der Waals surface area contributed by atoms with Gasteiger partial charge in [-0.25, -0.2) is 0 Å². The predicted octanol–water partition coefficient (Wildman–Crippen LogP) is 1.85. The Morgan fingerprint density at radius 2 is 2.00 bits per heavy atom. The normalized spacial score (nSPS) is 11.5. The van der Waals surface area contributed by atoms with Crippen LogP contribution in [0.4, 0.5) is 18.9 Å². The number of nitrogen functional groups attached to an aromatic ring is 1. The largest absolute Gasteiger partial charge is 0.418 e. The minimum Gasteiger partial charge on any atom is -0.398 e. The van der Waals surface area contributed by atoms with Gasteiger partial charge in [-0.3, -0.25) is 4.79 Å². The molecule has 0 saturated carbocycles. The van der Waals surface area contributed by atoms with Crippen LogP contribution in [0.2, 0.25) is 0 Å². The molecule has 0 aliphatic carbocycles. The van der Waals surface area contributed by atoms with E-state index in [-0.39, 0.29) is 12.0 Å². The van der Waals surface area contributed by atoms with Crippen molar-refractivity contribution in [3.05, 3.63) is 29.3 Å². The molecular formula is C10H10F3NO2. The summed E-state index contributed by atoms with van der Waals surface area (Å²) in [7, 11) is 0. The highest BCUT2D eigenvalue weighted by atomic mass is 19.4. The van der Waals surface area contributed by atoms with E-state index in [9.17, 15) is 18.0 Å². The van der Waals surface area contributed by atoms with Gasteiger partial charge in [0.2, 0.25) is 0 Å². The fraction of sp³-hybridized carbons (Fsp3) is 0.300. The summed E-state index contributed by atoms with van der Waals surface area (Å²) < 4.78 is 37.3. The van der Waals surface area contributed by atoms with E-state index in [1.807, 2.05) is 0 Å². The summed E-state index contributed by atoms with van der Waals surface area (Å²) in [6, 6.07) is 3.14. The number of ketones is 1. The molecule has 0 unspecified atom stereocenters. The highest BCUT2D eigenvalue weighted by Gasteiger charge is 2.34. The number of aliphatic hydroxyl groups is 1. The van der Waals surface area contributed by atoms with Crippen molar-refractivity contribution < 1.29 is 23.1 Å². The molecule has 0 aliphatic heterocycles. The van der Waals surface area contributed by atoms with E-state index in [0.29, 0.717) is 0 Å². The molecule has 0 saturated heterocycles. The Morgan fingerprint density at radius 3 is 2.50 bits per heavy atom. The Balaban J connectivity index is 3.19. The van der Waals surface area contributed by atoms with Gasteiger partial charge in [-0.2, -0.15) is 13.2 Å². The van der Waals surface area contributed by atoms with Crippen molar-refractivity contribution in [2.75, 3.05) is 12.3 Å². The molecule has 1 rings (SSSR count). The Bertz CT molecular complexity index is 402. The number of nitrogens with two attached hydrogens (primary N) is 1. The van der Waals surface area contributed by atoms with Crippen molar-refractivity contribution >= 4 is 11.5 Å². The second kappa shape index (κ2) is 4.52. The monoisotopic (exact) mass is 233 g/mol. The molecule has 0 spiro atoms. The van der Waals surface area contributed by atoms with Gasteiger partial charge in [-0.05, 0) is 12.1 Å². The zero-order chi connectivity index (χ0) is 12.3. The van der Waals surface area contributed by atoms with E-state index in [2.05, 4.69) is 0 Å². The van der Waals surface area contributed by atoms with E-state index in [1.54, 1.807) is 0 Å². The summed E-state index contributed by atoms with van der Waals surface area (Å²) >= 11 is 0. The van der Waals surface area contributed by atoms with Crippen LogP contribution in [0.1, 0.15) is 22.3 Å². The van der Waals surface area contributed by atoms with Crippen molar-refractivity contribution in [3.8, 4) is 0 Å². The van der Waals surface area contributed by atoms with E-state index in [1.165, 1.54) is 6.07 Å². The Kier molecular flexibility index (Phi) is 3.54. The molecule has 0 bridgehead atoms. The third kappa shape index (κ3) is 2.52. The topological polar surface area (TPSA) is 63.3 Å². The average Bonchev–Trinajstić information content (AvgIpc) is 2.16. The van der Waals surface area contributed by atoms with Crippen molar-refractivity contribution in [2.45, 2.75) is 12.6 Å². The van der Waals surface area contributed by atoms with Crippen LogP contribution in [0.5, 0.6) is 0 Å². The molecular weight excluding hydrogens is 223 g/mol. The molecule has 3 N–H and O–H groups in total. The summed E-state index contributed by atoms with van der Waals surface area (Å²) in [5.74, 6) is -0.605. The maximum absolute atomic E-state index is 12.4. The molecule has 0 aromatic heterocycles. The highest BCUT2D eigenvalue weighted by molar-refractivity contribution is 6.01. The Hall–Kier alpha value is -1.56. The molecule has 1 aromatic rings. The number of halogens is 3. The summed E-state index contributed by atoms with van der Waals surface area (Å²) in [6.07, 6.45) is -4.83. The molecule has 6 heteroatoms. The van der Waals surface area contributed by atoms with Gasteiger partial charge in [-0.1, -0.05) is 6.07 Å². The average molecular weight is 233 g/mol. The van der Waals surface area contributed by atoms with E-state index >= 15 is 0 Å². The van der Waals surface area contributed by atoms with Crippen LogP contribution in [-0.4, -0.2) is 17.5 Å². The molecule has 0 fully saturated rings. The number of carbonyl (C=O) groups is 1. The van der Waals surface area contributed by atoms with Crippen LogP contribution in [0.3, 0.4) is 0 Å². The summed E-state index contributed by atoms with van der Waals surface area (Å²) in [5, 5.41) is 8.53. The van der Waals surface area contributed by atoms with Crippen LogP contribution < -0.4 is 5.73 Å². The second-order valence-corrected chi connectivity index (χ2v) is 3.16. The first kappa shape index (κ1) is 12.5. The number of aliphatic hydroxyl groups excluding tert-OH is 1. The van der Waals surface area contributed by atoms with Gasteiger partial charge in [0.15, 0.2) is 5.78 Å². The number of rotatable bonds is 3. The first-order chi connectivity index (χ1) is 7.38. The lowest BCUT2D eigenvalue weighted by Crippen LogP contribution is -2.13. The maximum atomic E-state index is 12.4. The minimum absolute atomic E-state index is 0.205. The number of alkyl halides is 3. The number of hydrogen-bond donors (Lipinski definition) is 2. The Labute approximate surface area is 89.7 Å². The number of benzene rings is 1. The maximum Gasteiger partial charge on any atom is 0.418 e. The van der Waals surface area contributed by atoms with E-state index in [0.717, 1.165) is 12.1 Å². The molecule has 0 radical (unpaired) electrons. The Morgan fingerprint density at radius 1 is 1.38 bits per heavy atom. The quantitative estimate of drug-likeness (QED) is 0.618. The van der Waals surface area contributed by atoms with Crippen LogP contribution in [0.15, 0.2) is 18.2 Å². The van der Waals surface area contributed by atoms with E-state index < -0.39 is 29.8 Å². The van der Waals surface area contributed by atoms with Gasteiger partial charge in [0.25, 0.3) is 0 Å². The molecule has 0 amide bonds. The van der Waals surface area contributed by atoms with Gasteiger partial charge in [0.1, 0.15) is 0 Å². The smallest absolute Gasteiger partial charge is 0.398 e. The van der Waals surface area contributed by atoms with Crippen LogP contribution in [0.25, 0.3) is 0 Å². The first-order valence-corrected chi connectivity index (χ1v) is 4.47. The molecule has 88 valence electrons. The van der Waals surface area contributed by atoms with Gasteiger partial charge in [-0.15, -0.1) is 0 Å². The third-order valence-corrected chi connectivity index (χ3v) is 2.05. The lowest BCUT2D eigenvalue weighted by atomic mass is 10.0. The number of carbonyl (C=O) groups excluding carboxylic acids is 1. The fourth-order valence-corrected chi connectivity index (χ4v) is 1.29. The number of anilines is 1. The predicted molar refractivity (Wildman–Crippen MR) is 51.9 cm³/mol. The summed E-state index contributed by atoms with van der Waals surface area (Å²) in [4.78, 5) is 11.3. The zero-order valence-corrected chi connectivity index (χ0v) is 8.21. The van der Waals surface area contributed by atoms with E-state index in [4.69, 9.17) is 10.8 Å².